The SMILES string of the molecule is CN(C)c1ccc(Nc2nncc(N(C)Cc3ccccc3)n2)cc1. The molecule has 0 bridgehead atoms. The predicted molar refractivity (Wildman–Crippen MR) is 102 cm³/mol. The van der Waals surface area contributed by atoms with E-state index in [4.69, 9.17) is 0 Å². The molecule has 0 fully saturated rings. The summed E-state index contributed by atoms with van der Waals surface area (Å²) in [5, 5.41) is 11.3. The van der Waals surface area contributed by atoms with Gasteiger partial charge in [0.2, 0.25) is 5.95 Å². The third-order valence-corrected chi connectivity index (χ3v) is 3.84. The van der Waals surface area contributed by atoms with Gasteiger partial charge >= 0.3 is 0 Å². The molecule has 6 heteroatoms. The number of anilines is 4. The second-order valence-electron chi connectivity index (χ2n) is 6.05. The first-order valence-electron chi connectivity index (χ1n) is 8.11. The third kappa shape index (κ3) is 4.44. The Hall–Kier alpha value is -3.15. The molecule has 0 unspecified atom stereocenters. The Morgan fingerprint density at radius 3 is 2.32 bits per heavy atom. The fraction of sp³-hybridized carbons (Fsp3) is 0.211. The molecular weight excluding hydrogens is 312 g/mol. The molecule has 1 aromatic heterocycles. The van der Waals surface area contributed by atoms with Crippen LogP contribution in [-0.2, 0) is 6.54 Å². The number of hydrogen-bond acceptors (Lipinski definition) is 6. The van der Waals surface area contributed by atoms with Crippen LogP contribution in [0.25, 0.3) is 0 Å². The number of rotatable bonds is 6. The molecule has 0 aliphatic rings. The standard InChI is InChI=1S/C19H22N6/c1-24(2)17-11-9-16(10-12-17)21-19-22-18(13-20-23-19)25(3)14-15-7-5-4-6-8-15/h4-13H,14H2,1-3H3,(H,21,22,23). The third-order valence-electron chi connectivity index (χ3n) is 3.84. The molecule has 1 N–H and O–H groups in total. The molecule has 0 saturated carbocycles. The lowest BCUT2D eigenvalue weighted by atomic mass is 10.2. The highest BCUT2D eigenvalue weighted by Gasteiger charge is 2.07. The van der Waals surface area contributed by atoms with Gasteiger partial charge in [-0.05, 0) is 29.8 Å². The second-order valence-corrected chi connectivity index (χ2v) is 6.05. The topological polar surface area (TPSA) is 57.2 Å². The number of benzene rings is 2. The molecular formula is C19H22N6. The van der Waals surface area contributed by atoms with Gasteiger partial charge in [-0.2, -0.15) is 10.1 Å². The van der Waals surface area contributed by atoms with Crippen molar-refractivity contribution in [3.8, 4) is 0 Å². The normalized spacial score (nSPS) is 10.4. The largest absolute Gasteiger partial charge is 0.378 e. The van der Waals surface area contributed by atoms with E-state index in [1.54, 1.807) is 6.20 Å². The number of nitrogens with one attached hydrogen (secondary N) is 1. The van der Waals surface area contributed by atoms with Gasteiger partial charge in [0.05, 0.1) is 6.20 Å². The zero-order valence-electron chi connectivity index (χ0n) is 14.7. The molecule has 3 aromatic rings. The Morgan fingerprint density at radius 2 is 1.64 bits per heavy atom. The van der Waals surface area contributed by atoms with E-state index in [1.807, 2.05) is 68.5 Å². The average molecular weight is 334 g/mol. The second kappa shape index (κ2) is 7.61. The van der Waals surface area contributed by atoms with Gasteiger partial charge < -0.3 is 15.1 Å². The van der Waals surface area contributed by atoms with Gasteiger partial charge in [0.25, 0.3) is 0 Å². The van der Waals surface area contributed by atoms with Crippen molar-refractivity contribution >= 4 is 23.1 Å². The maximum absolute atomic E-state index is 4.55. The van der Waals surface area contributed by atoms with Crippen molar-refractivity contribution in [2.24, 2.45) is 0 Å². The average Bonchev–Trinajstić information content (AvgIpc) is 2.63. The van der Waals surface area contributed by atoms with Crippen LogP contribution in [0.5, 0.6) is 0 Å². The van der Waals surface area contributed by atoms with E-state index in [0.717, 1.165) is 23.7 Å². The van der Waals surface area contributed by atoms with Crippen molar-refractivity contribution in [3.63, 3.8) is 0 Å². The molecule has 25 heavy (non-hydrogen) atoms. The maximum Gasteiger partial charge on any atom is 0.249 e. The summed E-state index contributed by atoms with van der Waals surface area (Å²) in [4.78, 5) is 8.65. The quantitative estimate of drug-likeness (QED) is 0.746. The van der Waals surface area contributed by atoms with Crippen molar-refractivity contribution < 1.29 is 0 Å². The van der Waals surface area contributed by atoms with Crippen LogP contribution in [0.3, 0.4) is 0 Å². The van der Waals surface area contributed by atoms with E-state index < -0.39 is 0 Å². The van der Waals surface area contributed by atoms with Crippen LogP contribution in [0.15, 0.2) is 60.8 Å². The summed E-state index contributed by atoms with van der Waals surface area (Å²) in [6.45, 7) is 0.760. The van der Waals surface area contributed by atoms with Crippen LogP contribution in [0.2, 0.25) is 0 Å². The highest BCUT2D eigenvalue weighted by Crippen LogP contribution is 2.19. The lowest BCUT2D eigenvalue weighted by Crippen LogP contribution is -2.18. The van der Waals surface area contributed by atoms with Gasteiger partial charge in [-0.3, -0.25) is 0 Å². The van der Waals surface area contributed by atoms with Gasteiger partial charge in [-0.25, -0.2) is 0 Å². The molecule has 0 spiro atoms. The summed E-state index contributed by atoms with van der Waals surface area (Å²) in [6, 6.07) is 18.4. The Labute approximate surface area is 148 Å². The first-order valence-corrected chi connectivity index (χ1v) is 8.11. The summed E-state index contributed by atoms with van der Waals surface area (Å²) in [6.07, 6.45) is 1.67. The molecule has 0 atom stereocenters. The molecule has 2 aromatic carbocycles. The van der Waals surface area contributed by atoms with Crippen LogP contribution in [0.1, 0.15) is 5.56 Å². The zero-order valence-corrected chi connectivity index (χ0v) is 14.7. The van der Waals surface area contributed by atoms with Gasteiger partial charge in [-0.15, -0.1) is 5.10 Å². The fourth-order valence-electron chi connectivity index (χ4n) is 2.44. The van der Waals surface area contributed by atoms with E-state index in [-0.39, 0.29) is 0 Å². The van der Waals surface area contributed by atoms with Crippen molar-refractivity contribution in [2.75, 3.05) is 36.3 Å². The summed E-state index contributed by atoms with van der Waals surface area (Å²) in [7, 11) is 6.02. The van der Waals surface area contributed by atoms with Crippen molar-refractivity contribution in [3.05, 3.63) is 66.4 Å². The first kappa shape index (κ1) is 16.7. The Morgan fingerprint density at radius 1 is 0.920 bits per heavy atom. The van der Waals surface area contributed by atoms with E-state index in [1.165, 1.54) is 5.56 Å². The summed E-state index contributed by atoms with van der Waals surface area (Å²) in [5.41, 5.74) is 3.29. The summed E-state index contributed by atoms with van der Waals surface area (Å²) >= 11 is 0. The minimum Gasteiger partial charge on any atom is -0.378 e. The lowest BCUT2D eigenvalue weighted by Gasteiger charge is -2.18. The lowest BCUT2D eigenvalue weighted by molar-refractivity contribution is 0.866. The molecule has 0 radical (unpaired) electrons. The Balaban J connectivity index is 1.70. The molecule has 128 valence electrons. The number of nitrogens with zero attached hydrogens (tertiary/aromatic N) is 5. The number of hydrogen-bond donors (Lipinski definition) is 1. The molecule has 3 rings (SSSR count). The van der Waals surface area contributed by atoms with Crippen LogP contribution in [-0.4, -0.2) is 36.3 Å². The van der Waals surface area contributed by atoms with Crippen LogP contribution >= 0.6 is 0 Å². The fourth-order valence-corrected chi connectivity index (χ4v) is 2.44. The summed E-state index contributed by atoms with van der Waals surface area (Å²) in [5.74, 6) is 1.25. The zero-order chi connectivity index (χ0) is 17.6. The Kier molecular flexibility index (Phi) is 5.09. The maximum atomic E-state index is 4.55. The van der Waals surface area contributed by atoms with E-state index >= 15 is 0 Å². The highest BCUT2D eigenvalue weighted by molar-refractivity contribution is 5.59. The highest BCUT2D eigenvalue weighted by atomic mass is 15.3. The van der Waals surface area contributed by atoms with Crippen LogP contribution in [0, 0.1) is 0 Å². The van der Waals surface area contributed by atoms with Gasteiger partial charge in [0, 0.05) is 39.1 Å². The smallest absolute Gasteiger partial charge is 0.249 e. The summed E-state index contributed by atoms with van der Waals surface area (Å²) < 4.78 is 0. The van der Waals surface area contributed by atoms with E-state index in [9.17, 15) is 0 Å². The van der Waals surface area contributed by atoms with E-state index in [2.05, 4.69) is 37.5 Å². The minimum absolute atomic E-state index is 0.481. The van der Waals surface area contributed by atoms with Crippen LogP contribution in [0.4, 0.5) is 23.1 Å². The molecule has 0 saturated heterocycles. The van der Waals surface area contributed by atoms with Gasteiger partial charge in [0.15, 0.2) is 5.82 Å². The van der Waals surface area contributed by atoms with Crippen molar-refractivity contribution in [1.82, 2.24) is 15.2 Å². The number of aromatic nitrogens is 3. The van der Waals surface area contributed by atoms with Crippen LogP contribution < -0.4 is 15.1 Å². The first-order chi connectivity index (χ1) is 12.1. The van der Waals surface area contributed by atoms with Crippen molar-refractivity contribution in [1.29, 1.82) is 0 Å². The molecule has 0 amide bonds. The minimum atomic E-state index is 0.481. The predicted octanol–water partition coefficient (Wildman–Crippen LogP) is 3.32. The monoisotopic (exact) mass is 334 g/mol. The van der Waals surface area contributed by atoms with Crippen molar-refractivity contribution in [2.45, 2.75) is 6.54 Å². The Bertz CT molecular complexity index is 802. The van der Waals surface area contributed by atoms with E-state index in [0.29, 0.717) is 5.95 Å². The molecule has 1 heterocycles. The molecule has 6 nitrogen and oxygen atoms in total. The van der Waals surface area contributed by atoms with Gasteiger partial charge in [-0.1, -0.05) is 30.3 Å². The molecule has 0 aliphatic carbocycles. The molecule has 0 aliphatic heterocycles. The van der Waals surface area contributed by atoms with Gasteiger partial charge in [0.1, 0.15) is 0 Å².